The van der Waals surface area contributed by atoms with E-state index in [1.165, 1.54) is 29.5 Å². The van der Waals surface area contributed by atoms with Crippen molar-refractivity contribution in [2.24, 2.45) is 0 Å². The molecule has 0 spiro atoms. The van der Waals surface area contributed by atoms with Crippen molar-refractivity contribution >= 4 is 44.5 Å². The number of halogens is 1. The second-order valence-electron chi connectivity index (χ2n) is 9.56. The van der Waals surface area contributed by atoms with Crippen LogP contribution in [0.25, 0.3) is 21.3 Å². The van der Waals surface area contributed by atoms with Gasteiger partial charge in [0, 0.05) is 23.0 Å². The summed E-state index contributed by atoms with van der Waals surface area (Å²) in [7, 11) is 4.05. The number of carbonyl (C=O) groups excluding carboxylic acids is 1. The Labute approximate surface area is 228 Å². The molecule has 0 aliphatic heterocycles. The number of hydrogen-bond acceptors (Lipinski definition) is 7. The van der Waals surface area contributed by atoms with Gasteiger partial charge in [-0.05, 0) is 73.4 Å². The van der Waals surface area contributed by atoms with Gasteiger partial charge in [-0.25, -0.2) is 14.5 Å². The average Bonchev–Trinajstić information content (AvgIpc) is 3.36. The van der Waals surface area contributed by atoms with Crippen molar-refractivity contribution in [3.05, 3.63) is 99.5 Å². The highest BCUT2D eigenvalue weighted by atomic mass is 32.1. The fourth-order valence-corrected chi connectivity index (χ4v) is 5.22. The summed E-state index contributed by atoms with van der Waals surface area (Å²) < 4.78 is 15.6. The summed E-state index contributed by atoms with van der Waals surface area (Å²) in [4.78, 5) is 32.4. The molecule has 198 valence electrons. The first-order chi connectivity index (χ1) is 18.8. The number of aromatic amines is 1. The van der Waals surface area contributed by atoms with Gasteiger partial charge in [0.15, 0.2) is 0 Å². The lowest BCUT2D eigenvalue weighted by Gasteiger charge is -2.17. The zero-order chi connectivity index (χ0) is 27.5. The molecule has 1 amide bonds. The van der Waals surface area contributed by atoms with E-state index in [0.717, 1.165) is 22.2 Å². The number of rotatable bonds is 8. The van der Waals surface area contributed by atoms with Crippen LogP contribution < -0.4 is 16.2 Å². The molecular weight excluding hydrogens is 515 g/mol. The lowest BCUT2D eigenvalue weighted by Crippen LogP contribution is -2.18. The van der Waals surface area contributed by atoms with Gasteiger partial charge in [-0.15, -0.1) is 11.3 Å². The minimum absolute atomic E-state index is 0.0153. The maximum absolute atomic E-state index is 14.6. The van der Waals surface area contributed by atoms with Crippen molar-refractivity contribution in [3.8, 4) is 11.3 Å². The standard InChI is InChI=1S/C29H27FN6O2S/c1-17(16-36(2)3)20-9-11-27(31-15-20)32-24-14-22(34-35-28(24)37)18-8-10-21(30)23(12-18)33-29(38)26-13-19-6-4-5-7-25(19)39-26/h4-15,17H,16H2,1-3H3,(H,33,38)(H,35,37)(H,31,32,34). The average molecular weight is 543 g/mol. The molecule has 0 radical (unpaired) electrons. The number of benzene rings is 2. The molecule has 0 fully saturated rings. The SMILES string of the molecule is CC(CN(C)C)c1ccc(Nc2cc(-c3ccc(F)c(NC(=O)c4cc5ccccc5s4)c3)n[nH]c2=O)nc1. The summed E-state index contributed by atoms with van der Waals surface area (Å²) in [6.07, 6.45) is 1.79. The molecule has 3 heterocycles. The second-order valence-corrected chi connectivity index (χ2v) is 10.6. The van der Waals surface area contributed by atoms with Crippen molar-refractivity contribution in [1.29, 1.82) is 0 Å². The van der Waals surface area contributed by atoms with Crippen LogP contribution in [0.3, 0.4) is 0 Å². The summed E-state index contributed by atoms with van der Waals surface area (Å²) in [5, 5.41) is 13.2. The van der Waals surface area contributed by atoms with Gasteiger partial charge in [-0.3, -0.25) is 9.59 Å². The van der Waals surface area contributed by atoms with Crippen LogP contribution in [0, 0.1) is 5.82 Å². The molecule has 0 saturated carbocycles. The van der Waals surface area contributed by atoms with Crippen LogP contribution in [0.5, 0.6) is 0 Å². The molecule has 5 aromatic rings. The Hall–Kier alpha value is -4.41. The molecule has 3 aromatic heterocycles. The first kappa shape index (κ1) is 26.2. The highest BCUT2D eigenvalue weighted by Gasteiger charge is 2.15. The van der Waals surface area contributed by atoms with Crippen molar-refractivity contribution in [2.75, 3.05) is 31.3 Å². The fourth-order valence-electron chi connectivity index (χ4n) is 4.27. The molecule has 1 unspecified atom stereocenters. The van der Waals surface area contributed by atoms with E-state index >= 15 is 0 Å². The zero-order valence-electron chi connectivity index (χ0n) is 21.7. The van der Waals surface area contributed by atoms with Gasteiger partial charge in [0.1, 0.15) is 17.3 Å². The van der Waals surface area contributed by atoms with Crippen LogP contribution in [0.4, 0.5) is 21.6 Å². The predicted octanol–water partition coefficient (Wildman–Crippen LogP) is 5.85. The minimum atomic E-state index is -0.580. The van der Waals surface area contributed by atoms with E-state index in [4.69, 9.17) is 0 Å². The van der Waals surface area contributed by atoms with Crippen LogP contribution in [0.15, 0.2) is 77.7 Å². The molecule has 10 heteroatoms. The smallest absolute Gasteiger partial charge is 0.287 e. The number of fused-ring (bicyclic) bond motifs is 1. The molecule has 0 saturated heterocycles. The van der Waals surface area contributed by atoms with Crippen molar-refractivity contribution in [3.63, 3.8) is 0 Å². The molecule has 8 nitrogen and oxygen atoms in total. The summed E-state index contributed by atoms with van der Waals surface area (Å²) >= 11 is 1.34. The molecule has 39 heavy (non-hydrogen) atoms. The van der Waals surface area contributed by atoms with Crippen LogP contribution in [0.2, 0.25) is 0 Å². The third kappa shape index (κ3) is 6.02. The summed E-state index contributed by atoms with van der Waals surface area (Å²) in [5.41, 5.74) is 1.83. The number of H-pyrrole nitrogens is 1. The lowest BCUT2D eigenvalue weighted by molar-refractivity contribution is 0.103. The quantitative estimate of drug-likeness (QED) is 0.227. The largest absolute Gasteiger partial charge is 0.336 e. The highest BCUT2D eigenvalue weighted by Crippen LogP contribution is 2.28. The number of aromatic nitrogens is 3. The molecule has 0 bridgehead atoms. The Kier molecular flexibility index (Phi) is 7.49. The number of nitrogens with zero attached hydrogens (tertiary/aromatic N) is 3. The van der Waals surface area contributed by atoms with Crippen molar-refractivity contribution in [1.82, 2.24) is 20.1 Å². The molecule has 5 rings (SSSR count). The first-order valence-electron chi connectivity index (χ1n) is 12.3. The number of hydrogen-bond donors (Lipinski definition) is 3. The van der Waals surface area contributed by atoms with Gasteiger partial charge in [-0.1, -0.05) is 31.2 Å². The van der Waals surface area contributed by atoms with Crippen molar-refractivity contribution < 1.29 is 9.18 Å². The summed E-state index contributed by atoms with van der Waals surface area (Å²) in [5.74, 6) is -0.166. The number of amides is 1. The topological polar surface area (TPSA) is 103 Å². The van der Waals surface area contributed by atoms with E-state index in [-0.39, 0.29) is 11.4 Å². The van der Waals surface area contributed by atoms with Gasteiger partial charge < -0.3 is 15.5 Å². The third-order valence-corrected chi connectivity index (χ3v) is 7.34. The minimum Gasteiger partial charge on any atom is -0.336 e. The summed E-state index contributed by atoms with van der Waals surface area (Å²) in [6.45, 7) is 3.03. The van der Waals surface area contributed by atoms with Gasteiger partial charge in [0.25, 0.3) is 11.5 Å². The van der Waals surface area contributed by atoms with E-state index in [9.17, 15) is 14.0 Å². The van der Waals surface area contributed by atoms with Gasteiger partial charge >= 0.3 is 0 Å². The summed E-state index contributed by atoms with van der Waals surface area (Å²) in [6, 6.07) is 19.1. The number of pyridine rings is 1. The molecule has 1 atom stereocenters. The zero-order valence-corrected chi connectivity index (χ0v) is 22.5. The Morgan fingerprint density at radius 2 is 1.90 bits per heavy atom. The van der Waals surface area contributed by atoms with E-state index in [1.807, 2.05) is 50.5 Å². The molecule has 0 aliphatic carbocycles. The lowest BCUT2D eigenvalue weighted by atomic mass is 10.0. The maximum atomic E-state index is 14.6. The van der Waals surface area contributed by atoms with Crippen LogP contribution in [0.1, 0.15) is 28.1 Å². The van der Waals surface area contributed by atoms with Crippen LogP contribution >= 0.6 is 11.3 Å². The fraction of sp³-hybridized carbons (Fsp3) is 0.172. The van der Waals surface area contributed by atoms with E-state index < -0.39 is 17.3 Å². The highest BCUT2D eigenvalue weighted by molar-refractivity contribution is 7.20. The number of nitrogens with one attached hydrogen (secondary N) is 3. The predicted molar refractivity (Wildman–Crippen MR) is 155 cm³/mol. The molecular formula is C29H27FN6O2S. The Morgan fingerprint density at radius 3 is 2.64 bits per heavy atom. The Bertz CT molecular complexity index is 1660. The monoisotopic (exact) mass is 542 g/mol. The molecule has 3 N–H and O–H groups in total. The second kappa shape index (κ2) is 11.1. The van der Waals surface area contributed by atoms with E-state index in [0.29, 0.717) is 27.9 Å². The Morgan fingerprint density at radius 1 is 1.08 bits per heavy atom. The maximum Gasteiger partial charge on any atom is 0.287 e. The number of thiophene rings is 1. The van der Waals surface area contributed by atoms with Gasteiger partial charge in [0.2, 0.25) is 0 Å². The van der Waals surface area contributed by atoms with Crippen LogP contribution in [-0.4, -0.2) is 46.6 Å². The molecule has 2 aromatic carbocycles. The molecule has 0 aliphatic rings. The number of likely N-dealkylation sites (N-methyl/N-ethyl adjacent to an activating group) is 1. The van der Waals surface area contributed by atoms with Crippen LogP contribution in [-0.2, 0) is 0 Å². The van der Waals surface area contributed by atoms with E-state index in [2.05, 4.69) is 37.6 Å². The number of anilines is 3. The first-order valence-corrected chi connectivity index (χ1v) is 13.2. The normalized spacial score (nSPS) is 12.0. The number of carbonyl (C=O) groups is 1. The third-order valence-electron chi connectivity index (χ3n) is 6.22. The van der Waals surface area contributed by atoms with E-state index in [1.54, 1.807) is 18.3 Å². The van der Waals surface area contributed by atoms with Gasteiger partial charge in [-0.2, -0.15) is 5.10 Å². The van der Waals surface area contributed by atoms with Gasteiger partial charge in [0.05, 0.1) is 16.3 Å². The Balaban J connectivity index is 1.35. The van der Waals surface area contributed by atoms with Crippen molar-refractivity contribution in [2.45, 2.75) is 12.8 Å².